The second kappa shape index (κ2) is 8.54. The van der Waals surface area contributed by atoms with E-state index in [0.29, 0.717) is 17.7 Å². The number of allylic oxidation sites excluding steroid dienone is 3. The first-order valence-corrected chi connectivity index (χ1v) is 7.53. The Morgan fingerprint density at radius 2 is 2.13 bits per heavy atom. The largest absolute Gasteiger partial charge is 0.394 e. The fourth-order valence-corrected chi connectivity index (χ4v) is 2.06. The maximum atomic E-state index is 6.07. The molecule has 0 atom stereocenters. The highest BCUT2D eigenvalue weighted by molar-refractivity contribution is 5.31. The molecule has 0 aliphatic rings. The predicted octanol–water partition coefficient (Wildman–Crippen LogP) is 3.10. The molecule has 0 spiro atoms. The quantitative estimate of drug-likeness (QED) is 0.834. The molecule has 118 valence electrons. The van der Waals surface area contributed by atoms with Crippen LogP contribution in [0.3, 0.4) is 0 Å². The molecule has 0 saturated heterocycles. The van der Waals surface area contributed by atoms with Crippen LogP contribution < -0.4 is 11.2 Å². The highest BCUT2D eigenvalue weighted by Gasteiger charge is 1.98. The zero-order chi connectivity index (χ0) is 16.5. The van der Waals surface area contributed by atoms with Crippen molar-refractivity contribution in [2.75, 3.05) is 12.3 Å². The van der Waals surface area contributed by atoms with Gasteiger partial charge < -0.3 is 10.3 Å². The third-order valence-corrected chi connectivity index (χ3v) is 3.28. The molecule has 2 aromatic rings. The van der Waals surface area contributed by atoms with Crippen LogP contribution in [0.1, 0.15) is 12.5 Å². The highest BCUT2D eigenvalue weighted by atomic mass is 15.0. The molecule has 0 unspecified atom stereocenters. The molecule has 1 heterocycles. The molecule has 4 nitrogen and oxygen atoms in total. The lowest BCUT2D eigenvalue weighted by atomic mass is 10.2. The molecule has 1 aromatic heterocycles. The highest BCUT2D eigenvalue weighted by Crippen LogP contribution is 2.03. The summed E-state index contributed by atoms with van der Waals surface area (Å²) in [5, 5.41) is 0. The molecule has 0 bridgehead atoms. The Morgan fingerprint density at radius 1 is 1.35 bits per heavy atom. The number of nitrogen functional groups attached to an aromatic ring is 1. The number of rotatable bonds is 6. The van der Waals surface area contributed by atoms with Gasteiger partial charge in [-0.1, -0.05) is 61.2 Å². The van der Waals surface area contributed by atoms with Crippen molar-refractivity contribution in [2.45, 2.75) is 13.5 Å². The van der Waals surface area contributed by atoms with Gasteiger partial charge in [0.2, 0.25) is 0 Å². The van der Waals surface area contributed by atoms with Crippen LogP contribution in [0.4, 0.5) is 5.69 Å². The summed E-state index contributed by atoms with van der Waals surface area (Å²) in [5.74, 6) is 0. The minimum absolute atomic E-state index is 0.508. The monoisotopic (exact) mass is 306 g/mol. The van der Waals surface area contributed by atoms with E-state index in [9.17, 15) is 0 Å². The van der Waals surface area contributed by atoms with Gasteiger partial charge in [-0.3, -0.25) is 4.99 Å². The van der Waals surface area contributed by atoms with Crippen molar-refractivity contribution in [3.8, 4) is 0 Å². The average molecular weight is 306 g/mol. The normalized spacial score (nSPS) is 12.7. The van der Waals surface area contributed by atoms with E-state index < -0.39 is 0 Å². The Balaban J connectivity index is 2.15. The molecule has 0 amide bonds. The van der Waals surface area contributed by atoms with Gasteiger partial charge in [0.25, 0.3) is 0 Å². The standard InChI is InChI=1S/C19H22N4/c1-3-5-9-16(4-2)12-21-19-18(20)14-23(15-22-19)13-17-10-7-6-8-11-17/h3-11,14-15H,2,12-13,20H2,1H3/b5-3-,16-9+,21-19?. The summed E-state index contributed by atoms with van der Waals surface area (Å²) in [4.78, 5) is 8.81. The number of hydrogen-bond acceptors (Lipinski definition) is 3. The lowest BCUT2D eigenvalue weighted by Gasteiger charge is -2.07. The van der Waals surface area contributed by atoms with E-state index in [-0.39, 0.29) is 0 Å². The van der Waals surface area contributed by atoms with Crippen LogP contribution in [0.5, 0.6) is 0 Å². The lowest BCUT2D eigenvalue weighted by molar-refractivity contribution is 0.758. The first-order chi connectivity index (χ1) is 11.2. The second-order valence-corrected chi connectivity index (χ2v) is 5.10. The number of nitrogens with two attached hydrogens (primary N) is 1. The van der Waals surface area contributed by atoms with E-state index in [1.165, 1.54) is 5.56 Å². The first kappa shape index (κ1) is 16.5. The molecular formula is C19H22N4. The van der Waals surface area contributed by atoms with E-state index in [4.69, 9.17) is 5.73 Å². The minimum Gasteiger partial charge on any atom is -0.394 e. The molecule has 23 heavy (non-hydrogen) atoms. The Hall–Kier alpha value is -2.88. The van der Waals surface area contributed by atoms with E-state index >= 15 is 0 Å². The Kier molecular flexibility index (Phi) is 6.12. The number of aromatic nitrogens is 2. The van der Waals surface area contributed by atoms with Gasteiger partial charge in [-0.2, -0.15) is 0 Å². The summed E-state index contributed by atoms with van der Waals surface area (Å²) in [5.41, 5.74) is 9.41. The molecule has 2 N–H and O–H groups in total. The molecule has 0 aliphatic heterocycles. The molecule has 0 aliphatic carbocycles. The smallest absolute Gasteiger partial charge is 0.174 e. The number of nitrogens with zero attached hydrogens (tertiary/aromatic N) is 3. The summed E-state index contributed by atoms with van der Waals surface area (Å²) < 4.78 is 1.95. The zero-order valence-electron chi connectivity index (χ0n) is 13.4. The summed E-state index contributed by atoms with van der Waals surface area (Å²) in [6, 6.07) is 10.2. The van der Waals surface area contributed by atoms with Crippen LogP contribution in [-0.2, 0) is 6.54 Å². The van der Waals surface area contributed by atoms with Gasteiger partial charge in [0.05, 0.1) is 18.6 Å². The van der Waals surface area contributed by atoms with Gasteiger partial charge in [0.15, 0.2) is 5.49 Å². The van der Waals surface area contributed by atoms with Crippen LogP contribution in [0.2, 0.25) is 0 Å². The van der Waals surface area contributed by atoms with E-state index in [1.807, 2.05) is 54.1 Å². The fourth-order valence-electron chi connectivity index (χ4n) is 2.06. The summed E-state index contributed by atoms with van der Waals surface area (Å²) in [6.45, 7) is 7.00. The van der Waals surface area contributed by atoms with Crippen LogP contribution in [-0.4, -0.2) is 16.1 Å². The molecule has 1 aromatic carbocycles. The Bertz CT molecular complexity index is 767. The first-order valence-electron chi connectivity index (χ1n) is 7.53. The number of benzene rings is 1. The number of anilines is 1. The van der Waals surface area contributed by atoms with Gasteiger partial charge in [-0.05, 0) is 18.1 Å². The summed E-state index contributed by atoms with van der Waals surface area (Å²) in [7, 11) is 0. The lowest BCUT2D eigenvalue weighted by Crippen LogP contribution is -2.18. The van der Waals surface area contributed by atoms with E-state index in [2.05, 4.69) is 28.7 Å². The Labute approximate surface area is 137 Å². The maximum Gasteiger partial charge on any atom is 0.174 e. The third-order valence-electron chi connectivity index (χ3n) is 3.28. The topological polar surface area (TPSA) is 56.2 Å². The van der Waals surface area contributed by atoms with Gasteiger partial charge in [-0.25, -0.2) is 4.98 Å². The fraction of sp³-hybridized carbons (Fsp3) is 0.158. The molecule has 2 rings (SSSR count). The van der Waals surface area contributed by atoms with Crippen LogP contribution in [0.25, 0.3) is 0 Å². The van der Waals surface area contributed by atoms with Gasteiger partial charge in [0.1, 0.15) is 0 Å². The maximum absolute atomic E-state index is 6.07. The summed E-state index contributed by atoms with van der Waals surface area (Å²) in [6.07, 6.45) is 11.3. The third kappa shape index (κ3) is 5.11. The van der Waals surface area contributed by atoms with E-state index in [0.717, 1.165) is 12.1 Å². The molecule has 0 saturated carbocycles. The van der Waals surface area contributed by atoms with Crippen molar-refractivity contribution in [2.24, 2.45) is 4.99 Å². The van der Waals surface area contributed by atoms with Crippen molar-refractivity contribution in [3.05, 3.63) is 90.4 Å². The van der Waals surface area contributed by atoms with Crippen molar-refractivity contribution in [1.82, 2.24) is 9.55 Å². The van der Waals surface area contributed by atoms with Crippen LogP contribution in [0.15, 0.2) is 84.3 Å². The minimum atomic E-state index is 0.508. The zero-order valence-corrected chi connectivity index (χ0v) is 13.4. The molecule has 0 radical (unpaired) electrons. The van der Waals surface area contributed by atoms with Crippen molar-refractivity contribution in [1.29, 1.82) is 0 Å². The SMILES string of the molecule is C=C/C(=C\C=C/C)CN=c1ncn(Cc2ccccc2)cc1N. The van der Waals surface area contributed by atoms with Gasteiger partial charge in [0, 0.05) is 12.7 Å². The molecular weight excluding hydrogens is 284 g/mol. The van der Waals surface area contributed by atoms with Crippen molar-refractivity contribution in [3.63, 3.8) is 0 Å². The van der Waals surface area contributed by atoms with E-state index in [1.54, 1.807) is 12.4 Å². The molecule has 0 fully saturated rings. The molecule has 4 heteroatoms. The predicted molar refractivity (Wildman–Crippen MR) is 95.7 cm³/mol. The summed E-state index contributed by atoms with van der Waals surface area (Å²) >= 11 is 0. The number of hydrogen-bond donors (Lipinski definition) is 1. The van der Waals surface area contributed by atoms with Gasteiger partial charge in [-0.15, -0.1) is 0 Å². The van der Waals surface area contributed by atoms with Crippen molar-refractivity contribution >= 4 is 5.69 Å². The van der Waals surface area contributed by atoms with Crippen molar-refractivity contribution < 1.29 is 0 Å². The van der Waals surface area contributed by atoms with Crippen LogP contribution >= 0.6 is 0 Å². The Morgan fingerprint density at radius 3 is 2.78 bits per heavy atom. The van der Waals surface area contributed by atoms with Gasteiger partial charge >= 0.3 is 0 Å². The second-order valence-electron chi connectivity index (χ2n) is 5.10. The average Bonchev–Trinajstić information content (AvgIpc) is 2.57. The van der Waals surface area contributed by atoms with Crippen LogP contribution in [0, 0.1) is 0 Å².